The van der Waals surface area contributed by atoms with Crippen LogP contribution >= 0.6 is 0 Å². The van der Waals surface area contributed by atoms with E-state index in [1.807, 2.05) is 24.2 Å². The number of aryl methyl sites for hydroxylation is 1. The van der Waals surface area contributed by atoms with Crippen LogP contribution in [-0.2, 0) is 9.59 Å². The van der Waals surface area contributed by atoms with E-state index >= 15 is 0 Å². The van der Waals surface area contributed by atoms with Gasteiger partial charge in [0, 0.05) is 32.4 Å². The first-order valence-corrected chi connectivity index (χ1v) is 9.11. The van der Waals surface area contributed by atoms with Crippen molar-refractivity contribution in [2.24, 2.45) is 5.92 Å². The Kier molecular flexibility index (Phi) is 5.21. The molecule has 1 saturated carbocycles. The number of hydrogen-bond acceptors (Lipinski definition) is 3. The SMILES string of the molecule is CC(=O)N[C@H](C(=O)N1CCC[C@@H](n2ccnc2C)C1)C1CCCC1. The van der Waals surface area contributed by atoms with E-state index in [0.717, 1.165) is 50.9 Å². The minimum Gasteiger partial charge on any atom is -0.344 e. The second-order valence-corrected chi connectivity index (χ2v) is 7.18. The number of aromatic nitrogens is 2. The van der Waals surface area contributed by atoms with Gasteiger partial charge in [0.25, 0.3) is 0 Å². The maximum absolute atomic E-state index is 13.1. The lowest BCUT2D eigenvalue weighted by molar-refractivity contribution is -0.139. The van der Waals surface area contributed by atoms with Gasteiger partial charge in [0.15, 0.2) is 0 Å². The van der Waals surface area contributed by atoms with Crippen LogP contribution in [0.4, 0.5) is 0 Å². The van der Waals surface area contributed by atoms with Crippen molar-refractivity contribution >= 4 is 11.8 Å². The van der Waals surface area contributed by atoms with Gasteiger partial charge in [0.2, 0.25) is 11.8 Å². The lowest BCUT2D eigenvalue weighted by Crippen LogP contribution is -2.53. The standard InChI is InChI=1S/C18H28N4O2/c1-13-19-9-11-22(13)16-8-5-10-21(12-16)18(24)17(20-14(2)23)15-6-3-4-7-15/h9,11,15-17H,3-8,10,12H2,1-2H3,(H,20,23)/t16-,17+/m1/s1. The fraction of sp³-hybridized carbons (Fsp3) is 0.722. The molecule has 0 radical (unpaired) electrons. The summed E-state index contributed by atoms with van der Waals surface area (Å²) in [6.07, 6.45) is 10.3. The molecule has 1 N–H and O–H groups in total. The molecule has 1 saturated heterocycles. The highest BCUT2D eigenvalue weighted by atomic mass is 16.2. The molecule has 1 aliphatic heterocycles. The van der Waals surface area contributed by atoms with Gasteiger partial charge in [-0.05, 0) is 38.5 Å². The fourth-order valence-corrected chi connectivity index (χ4v) is 4.24. The number of likely N-dealkylation sites (tertiary alicyclic amines) is 1. The summed E-state index contributed by atoms with van der Waals surface area (Å²) in [6, 6.07) is -0.0700. The maximum atomic E-state index is 13.1. The van der Waals surface area contributed by atoms with E-state index in [0.29, 0.717) is 6.54 Å². The van der Waals surface area contributed by atoms with Crippen LogP contribution in [0.2, 0.25) is 0 Å². The third-order valence-electron chi connectivity index (χ3n) is 5.46. The van der Waals surface area contributed by atoms with Crippen molar-refractivity contribution in [2.75, 3.05) is 13.1 Å². The molecule has 2 atom stereocenters. The Labute approximate surface area is 143 Å². The molecule has 132 valence electrons. The second kappa shape index (κ2) is 7.36. The average Bonchev–Trinajstić information content (AvgIpc) is 3.23. The Bertz CT molecular complexity index is 592. The summed E-state index contributed by atoms with van der Waals surface area (Å²) in [5.41, 5.74) is 0. The van der Waals surface area contributed by atoms with E-state index < -0.39 is 0 Å². The third kappa shape index (κ3) is 3.62. The molecule has 6 heteroatoms. The van der Waals surface area contributed by atoms with Gasteiger partial charge in [-0.25, -0.2) is 4.98 Å². The van der Waals surface area contributed by atoms with Crippen LogP contribution in [0.1, 0.15) is 57.3 Å². The van der Waals surface area contributed by atoms with Crippen LogP contribution in [0, 0.1) is 12.8 Å². The molecule has 2 heterocycles. The number of nitrogens with one attached hydrogen (secondary N) is 1. The van der Waals surface area contributed by atoms with E-state index in [4.69, 9.17) is 0 Å². The molecule has 0 unspecified atom stereocenters. The highest BCUT2D eigenvalue weighted by Crippen LogP contribution is 2.30. The largest absolute Gasteiger partial charge is 0.344 e. The van der Waals surface area contributed by atoms with Crippen LogP contribution < -0.4 is 5.32 Å². The van der Waals surface area contributed by atoms with E-state index in [-0.39, 0.29) is 29.8 Å². The van der Waals surface area contributed by atoms with Crippen LogP contribution in [0.15, 0.2) is 12.4 Å². The lowest BCUT2D eigenvalue weighted by atomic mass is 9.95. The summed E-state index contributed by atoms with van der Waals surface area (Å²) >= 11 is 0. The van der Waals surface area contributed by atoms with Crippen LogP contribution in [0.3, 0.4) is 0 Å². The molecule has 2 fully saturated rings. The summed E-state index contributed by atoms with van der Waals surface area (Å²) in [7, 11) is 0. The number of rotatable bonds is 4. The lowest BCUT2D eigenvalue weighted by Gasteiger charge is -2.37. The predicted octanol–water partition coefficient (Wildman–Crippen LogP) is 2.05. The van der Waals surface area contributed by atoms with Gasteiger partial charge < -0.3 is 14.8 Å². The van der Waals surface area contributed by atoms with E-state index in [1.54, 1.807) is 0 Å². The number of nitrogens with zero attached hydrogens (tertiary/aromatic N) is 3. The number of imidazole rings is 1. The van der Waals surface area contributed by atoms with Crippen molar-refractivity contribution in [3.05, 3.63) is 18.2 Å². The van der Waals surface area contributed by atoms with Gasteiger partial charge in [0.1, 0.15) is 11.9 Å². The van der Waals surface area contributed by atoms with Crippen molar-refractivity contribution in [1.82, 2.24) is 19.8 Å². The summed E-state index contributed by atoms with van der Waals surface area (Å²) in [6.45, 7) is 4.99. The summed E-state index contributed by atoms with van der Waals surface area (Å²) in [5.74, 6) is 1.26. The van der Waals surface area contributed by atoms with Crippen molar-refractivity contribution < 1.29 is 9.59 Å². The molecule has 1 aromatic heterocycles. The molecule has 0 aromatic carbocycles. The maximum Gasteiger partial charge on any atom is 0.245 e. The molecular formula is C18H28N4O2. The molecule has 24 heavy (non-hydrogen) atoms. The molecule has 2 amide bonds. The highest BCUT2D eigenvalue weighted by molar-refractivity contribution is 5.87. The van der Waals surface area contributed by atoms with Gasteiger partial charge in [-0.2, -0.15) is 0 Å². The van der Waals surface area contributed by atoms with Crippen LogP contribution in [-0.4, -0.2) is 45.4 Å². The monoisotopic (exact) mass is 332 g/mol. The van der Waals surface area contributed by atoms with Gasteiger partial charge in [-0.1, -0.05) is 12.8 Å². The van der Waals surface area contributed by atoms with Crippen LogP contribution in [0.5, 0.6) is 0 Å². The Morgan fingerprint density at radius 1 is 1.25 bits per heavy atom. The molecule has 3 rings (SSSR count). The van der Waals surface area contributed by atoms with Crippen molar-refractivity contribution in [3.8, 4) is 0 Å². The molecule has 1 aromatic rings. The topological polar surface area (TPSA) is 67.2 Å². The first kappa shape index (κ1) is 17.0. The first-order chi connectivity index (χ1) is 11.6. The number of carbonyl (C=O) groups is 2. The molecule has 0 spiro atoms. The van der Waals surface area contributed by atoms with E-state index in [2.05, 4.69) is 14.9 Å². The van der Waals surface area contributed by atoms with Gasteiger partial charge in [-0.15, -0.1) is 0 Å². The van der Waals surface area contributed by atoms with Crippen molar-refractivity contribution in [3.63, 3.8) is 0 Å². The zero-order valence-electron chi connectivity index (χ0n) is 14.7. The summed E-state index contributed by atoms with van der Waals surface area (Å²) in [5, 5.41) is 2.93. The number of amides is 2. The average molecular weight is 332 g/mol. The first-order valence-electron chi connectivity index (χ1n) is 9.11. The zero-order chi connectivity index (χ0) is 17.1. The number of carbonyl (C=O) groups excluding carboxylic acids is 2. The molecule has 6 nitrogen and oxygen atoms in total. The normalized spacial score (nSPS) is 23.2. The van der Waals surface area contributed by atoms with Crippen LogP contribution in [0.25, 0.3) is 0 Å². The number of hydrogen-bond donors (Lipinski definition) is 1. The summed E-state index contributed by atoms with van der Waals surface area (Å²) < 4.78 is 2.17. The minimum atomic E-state index is -0.354. The fourth-order valence-electron chi connectivity index (χ4n) is 4.24. The molecule has 1 aliphatic carbocycles. The van der Waals surface area contributed by atoms with E-state index in [1.165, 1.54) is 6.92 Å². The number of piperidine rings is 1. The Hall–Kier alpha value is -1.85. The molecular weight excluding hydrogens is 304 g/mol. The van der Waals surface area contributed by atoms with Crippen molar-refractivity contribution in [1.29, 1.82) is 0 Å². The quantitative estimate of drug-likeness (QED) is 0.917. The zero-order valence-corrected chi connectivity index (χ0v) is 14.7. The molecule has 0 bridgehead atoms. The molecule has 2 aliphatic rings. The van der Waals surface area contributed by atoms with E-state index in [9.17, 15) is 9.59 Å². The Balaban J connectivity index is 1.71. The van der Waals surface area contributed by atoms with Gasteiger partial charge >= 0.3 is 0 Å². The summed E-state index contributed by atoms with van der Waals surface area (Å²) in [4.78, 5) is 31.0. The predicted molar refractivity (Wildman–Crippen MR) is 91.4 cm³/mol. The van der Waals surface area contributed by atoms with Crippen molar-refractivity contribution in [2.45, 2.75) is 64.5 Å². The second-order valence-electron chi connectivity index (χ2n) is 7.18. The highest BCUT2D eigenvalue weighted by Gasteiger charge is 2.36. The van der Waals surface area contributed by atoms with Gasteiger partial charge in [-0.3, -0.25) is 9.59 Å². The Morgan fingerprint density at radius 2 is 2.00 bits per heavy atom. The van der Waals surface area contributed by atoms with Gasteiger partial charge in [0.05, 0.1) is 6.04 Å². The minimum absolute atomic E-state index is 0.0968. The third-order valence-corrected chi connectivity index (χ3v) is 5.46. The Morgan fingerprint density at radius 3 is 2.62 bits per heavy atom. The smallest absolute Gasteiger partial charge is 0.245 e.